The maximum absolute atomic E-state index is 12.9. The van der Waals surface area contributed by atoms with Crippen molar-refractivity contribution in [1.29, 1.82) is 0 Å². The first-order chi connectivity index (χ1) is 15.4. The molecule has 0 atom stereocenters. The molecule has 0 aromatic heterocycles. The van der Waals surface area contributed by atoms with Gasteiger partial charge in [0.25, 0.3) is 5.91 Å². The minimum Gasteiger partial charge on any atom is -0.484 e. The number of esters is 1. The summed E-state index contributed by atoms with van der Waals surface area (Å²) in [5.74, 6) is -1.70. The number of anilines is 1. The molecule has 0 heterocycles. The van der Waals surface area contributed by atoms with Crippen LogP contribution in [0.3, 0.4) is 0 Å². The number of ketones is 2. The van der Waals surface area contributed by atoms with E-state index in [1.165, 1.54) is 12.1 Å². The van der Waals surface area contributed by atoms with Crippen LogP contribution in [-0.4, -0.2) is 30.0 Å². The van der Waals surface area contributed by atoms with E-state index < -0.39 is 17.7 Å². The van der Waals surface area contributed by atoms with E-state index in [9.17, 15) is 19.2 Å². The molecule has 32 heavy (non-hydrogen) atoms. The van der Waals surface area contributed by atoms with E-state index in [2.05, 4.69) is 0 Å². The lowest BCUT2D eigenvalue weighted by molar-refractivity contribution is -0.119. The van der Waals surface area contributed by atoms with Crippen LogP contribution in [0, 0.1) is 0 Å². The van der Waals surface area contributed by atoms with Crippen molar-refractivity contribution in [3.8, 4) is 5.75 Å². The second kappa shape index (κ2) is 8.35. The van der Waals surface area contributed by atoms with E-state index in [1.807, 2.05) is 0 Å². The van der Waals surface area contributed by atoms with Gasteiger partial charge in [-0.15, -0.1) is 0 Å². The number of primary amides is 1. The minimum absolute atomic E-state index is 0.00463. The molecule has 3 aromatic rings. The summed E-state index contributed by atoms with van der Waals surface area (Å²) < 4.78 is 10.6. The third kappa shape index (κ3) is 3.81. The Morgan fingerprint density at radius 2 is 1.56 bits per heavy atom. The van der Waals surface area contributed by atoms with Crippen LogP contribution in [0.2, 0.25) is 0 Å². The Morgan fingerprint density at radius 1 is 0.844 bits per heavy atom. The molecule has 160 valence electrons. The lowest BCUT2D eigenvalue weighted by atomic mass is 9.82. The number of nitrogens with two attached hydrogens (primary N) is 2. The Balaban J connectivity index is 1.55. The molecule has 8 nitrogen and oxygen atoms in total. The van der Waals surface area contributed by atoms with Gasteiger partial charge in [-0.1, -0.05) is 36.4 Å². The van der Waals surface area contributed by atoms with Gasteiger partial charge in [0.05, 0.1) is 16.8 Å². The van der Waals surface area contributed by atoms with Gasteiger partial charge < -0.3 is 20.9 Å². The summed E-state index contributed by atoms with van der Waals surface area (Å²) in [4.78, 5) is 49.2. The minimum atomic E-state index is -0.743. The van der Waals surface area contributed by atoms with Gasteiger partial charge in [0, 0.05) is 16.7 Å². The first-order valence-electron chi connectivity index (χ1n) is 9.65. The third-order valence-corrected chi connectivity index (χ3v) is 5.00. The number of fused-ring (bicyclic) bond motifs is 2. The molecule has 0 saturated carbocycles. The molecule has 1 aliphatic carbocycles. The monoisotopic (exact) mass is 430 g/mol. The molecular formula is C24H18N2O6. The Morgan fingerprint density at radius 3 is 2.28 bits per heavy atom. The lowest BCUT2D eigenvalue weighted by Crippen LogP contribution is -2.24. The molecule has 0 aliphatic heterocycles. The van der Waals surface area contributed by atoms with E-state index in [-0.39, 0.29) is 46.9 Å². The molecule has 1 amide bonds. The van der Waals surface area contributed by atoms with Gasteiger partial charge >= 0.3 is 5.97 Å². The largest absolute Gasteiger partial charge is 0.484 e. The average molecular weight is 430 g/mol. The quantitative estimate of drug-likeness (QED) is 0.353. The highest BCUT2D eigenvalue weighted by atomic mass is 16.5. The summed E-state index contributed by atoms with van der Waals surface area (Å²) in [6, 6.07) is 15.9. The number of carbonyl (C=O) groups excluding carboxylic acids is 4. The average Bonchev–Trinajstić information content (AvgIpc) is 2.80. The number of ether oxygens (including phenoxy) is 2. The normalized spacial score (nSPS) is 12.0. The number of amides is 1. The fourth-order valence-electron chi connectivity index (χ4n) is 3.50. The molecule has 3 aromatic carbocycles. The fraction of sp³-hybridized carbons (Fsp3) is 0.0833. The number of nitrogen functional groups attached to an aromatic ring is 1. The molecule has 0 saturated heterocycles. The van der Waals surface area contributed by atoms with Crippen LogP contribution in [0.1, 0.15) is 47.8 Å². The number of benzene rings is 3. The number of rotatable bonds is 6. The maximum atomic E-state index is 12.9. The van der Waals surface area contributed by atoms with Crippen LogP contribution in [0.5, 0.6) is 5.75 Å². The van der Waals surface area contributed by atoms with Gasteiger partial charge in [0.1, 0.15) is 12.4 Å². The number of carbonyl (C=O) groups is 4. The Kier molecular flexibility index (Phi) is 5.43. The van der Waals surface area contributed by atoms with Crippen LogP contribution in [0.4, 0.5) is 5.69 Å². The maximum Gasteiger partial charge on any atom is 0.340 e. The topological polar surface area (TPSA) is 139 Å². The zero-order valence-electron chi connectivity index (χ0n) is 16.8. The number of hydrogen-bond acceptors (Lipinski definition) is 7. The third-order valence-electron chi connectivity index (χ3n) is 5.00. The van der Waals surface area contributed by atoms with Crippen molar-refractivity contribution >= 4 is 29.1 Å². The molecule has 0 unspecified atom stereocenters. The number of hydrogen-bond donors (Lipinski definition) is 2. The summed E-state index contributed by atoms with van der Waals surface area (Å²) >= 11 is 0. The molecule has 4 N–H and O–H groups in total. The van der Waals surface area contributed by atoms with Gasteiger partial charge in [0.2, 0.25) is 0 Å². The van der Waals surface area contributed by atoms with Gasteiger partial charge in [-0.3, -0.25) is 14.4 Å². The SMILES string of the molecule is NC(=O)COc1cccc(COC(=O)c2ccc3c(c2N)C(=O)c2ccccc2C3=O)c1. The molecule has 0 bridgehead atoms. The summed E-state index contributed by atoms with van der Waals surface area (Å²) in [7, 11) is 0. The molecule has 8 heteroatoms. The van der Waals surface area contributed by atoms with Crippen LogP contribution < -0.4 is 16.2 Å². The highest BCUT2D eigenvalue weighted by Crippen LogP contribution is 2.33. The second-order valence-electron chi connectivity index (χ2n) is 7.13. The predicted molar refractivity (Wildman–Crippen MR) is 114 cm³/mol. The summed E-state index contributed by atoms with van der Waals surface area (Å²) in [5, 5.41) is 0. The lowest BCUT2D eigenvalue weighted by Gasteiger charge is -2.20. The van der Waals surface area contributed by atoms with Crippen molar-refractivity contribution in [3.63, 3.8) is 0 Å². The Labute approximate surface area is 182 Å². The summed E-state index contributed by atoms with van der Waals surface area (Å²) in [5.41, 5.74) is 12.4. The van der Waals surface area contributed by atoms with Gasteiger partial charge in [-0.2, -0.15) is 0 Å². The zero-order valence-corrected chi connectivity index (χ0v) is 16.8. The van der Waals surface area contributed by atoms with Crippen LogP contribution in [-0.2, 0) is 16.1 Å². The van der Waals surface area contributed by atoms with E-state index in [0.29, 0.717) is 16.9 Å². The van der Waals surface area contributed by atoms with Crippen molar-refractivity contribution in [2.45, 2.75) is 6.61 Å². The highest BCUT2D eigenvalue weighted by Gasteiger charge is 2.33. The first-order valence-corrected chi connectivity index (χ1v) is 9.65. The van der Waals surface area contributed by atoms with Crippen molar-refractivity contribution < 1.29 is 28.7 Å². The molecule has 1 aliphatic rings. The zero-order chi connectivity index (χ0) is 22.8. The van der Waals surface area contributed by atoms with Crippen molar-refractivity contribution in [1.82, 2.24) is 0 Å². The highest BCUT2D eigenvalue weighted by molar-refractivity contribution is 6.30. The summed E-state index contributed by atoms with van der Waals surface area (Å²) in [6.45, 7) is -0.371. The van der Waals surface area contributed by atoms with Gasteiger partial charge in [-0.25, -0.2) is 4.79 Å². The van der Waals surface area contributed by atoms with Gasteiger partial charge in [0.15, 0.2) is 18.2 Å². The fourth-order valence-corrected chi connectivity index (χ4v) is 3.50. The molecule has 0 spiro atoms. The molecular weight excluding hydrogens is 412 g/mol. The summed E-state index contributed by atoms with van der Waals surface area (Å²) in [6.07, 6.45) is 0. The van der Waals surface area contributed by atoms with E-state index in [1.54, 1.807) is 48.5 Å². The second-order valence-corrected chi connectivity index (χ2v) is 7.13. The van der Waals surface area contributed by atoms with E-state index in [4.69, 9.17) is 20.9 Å². The Bertz CT molecular complexity index is 1280. The smallest absolute Gasteiger partial charge is 0.340 e. The van der Waals surface area contributed by atoms with Crippen LogP contribution in [0.15, 0.2) is 60.7 Å². The van der Waals surface area contributed by atoms with E-state index >= 15 is 0 Å². The van der Waals surface area contributed by atoms with Crippen molar-refractivity contribution in [2.24, 2.45) is 5.73 Å². The predicted octanol–water partition coefficient (Wildman–Crippen LogP) is 2.27. The van der Waals surface area contributed by atoms with Crippen molar-refractivity contribution in [2.75, 3.05) is 12.3 Å². The standard InChI is InChI=1S/C24H18N2O6/c25-19(27)12-31-14-5-3-4-13(10-14)11-32-24(30)18-9-8-17-20(21(18)26)23(29)16-7-2-1-6-15(16)22(17)28/h1-10H,11-12,26H2,(H2,25,27). The van der Waals surface area contributed by atoms with Crippen molar-refractivity contribution in [3.05, 3.63) is 94.0 Å². The van der Waals surface area contributed by atoms with Crippen LogP contribution in [0.25, 0.3) is 0 Å². The van der Waals surface area contributed by atoms with Gasteiger partial charge in [-0.05, 0) is 29.8 Å². The Hall–Kier alpha value is -4.46. The van der Waals surface area contributed by atoms with E-state index in [0.717, 1.165) is 0 Å². The van der Waals surface area contributed by atoms with Crippen LogP contribution >= 0.6 is 0 Å². The molecule has 0 fully saturated rings. The molecule has 0 radical (unpaired) electrons. The molecule has 4 rings (SSSR count). The first kappa shape index (κ1) is 20.8.